The number of imidazole rings is 1. The molecule has 8 heteroatoms. The Morgan fingerprint density at radius 1 is 1.27 bits per heavy atom. The van der Waals surface area contributed by atoms with E-state index in [1.165, 1.54) is 0 Å². The van der Waals surface area contributed by atoms with Crippen LogP contribution in [0.4, 0.5) is 10.5 Å². The molecule has 8 nitrogen and oxygen atoms in total. The Hall–Kier alpha value is -2.90. The number of aromatic amines is 1. The smallest absolute Gasteiger partial charge is 0.325 e. The Morgan fingerprint density at radius 3 is 2.63 bits per heavy atom. The van der Waals surface area contributed by atoms with Gasteiger partial charge in [-0.25, -0.2) is 9.78 Å². The van der Waals surface area contributed by atoms with Crippen molar-refractivity contribution < 1.29 is 14.4 Å². The van der Waals surface area contributed by atoms with Crippen LogP contribution in [0, 0.1) is 5.92 Å². The number of anilines is 1. The average Bonchev–Trinajstić information content (AvgIpc) is 3.19. The van der Waals surface area contributed by atoms with Crippen LogP contribution in [-0.4, -0.2) is 44.8 Å². The standard InChI is InChI=1S/C22H29N5O3/c1-13-7-9-22(10-8-13)19(29)27(20(30)26-22)12-17(28)23-14-5-6-15-16(11-14)25-18(24-15)21(2,3)4/h5-6,11,13H,7-10,12H2,1-4H3,(H,23,28)(H,24,25)(H,26,30). The molecule has 4 amide bonds. The Bertz CT molecular complexity index is 1010. The number of carbonyl (C=O) groups excluding carboxylic acids is 3. The van der Waals surface area contributed by atoms with Crippen molar-refractivity contribution in [3.8, 4) is 0 Å². The second-order valence-corrected chi connectivity index (χ2v) is 9.70. The number of hydrogen-bond acceptors (Lipinski definition) is 4. The number of amides is 4. The van der Waals surface area contributed by atoms with Crippen molar-refractivity contribution in [3.63, 3.8) is 0 Å². The number of imide groups is 1. The first-order chi connectivity index (χ1) is 14.1. The van der Waals surface area contributed by atoms with Crippen molar-refractivity contribution in [3.05, 3.63) is 24.0 Å². The van der Waals surface area contributed by atoms with Crippen LogP contribution in [0.25, 0.3) is 11.0 Å². The molecule has 1 saturated heterocycles. The quantitative estimate of drug-likeness (QED) is 0.674. The van der Waals surface area contributed by atoms with E-state index in [9.17, 15) is 14.4 Å². The first-order valence-corrected chi connectivity index (χ1v) is 10.5. The fourth-order valence-corrected chi connectivity index (χ4v) is 4.20. The van der Waals surface area contributed by atoms with Crippen LogP contribution < -0.4 is 10.6 Å². The maximum absolute atomic E-state index is 12.9. The monoisotopic (exact) mass is 411 g/mol. The Kier molecular flexibility index (Phi) is 4.83. The van der Waals surface area contributed by atoms with E-state index in [4.69, 9.17) is 0 Å². The van der Waals surface area contributed by atoms with E-state index in [0.717, 1.165) is 34.6 Å². The van der Waals surface area contributed by atoms with Crippen molar-refractivity contribution in [2.24, 2.45) is 5.92 Å². The van der Waals surface area contributed by atoms with E-state index in [-0.39, 0.29) is 17.9 Å². The first kappa shape index (κ1) is 20.4. The van der Waals surface area contributed by atoms with Gasteiger partial charge in [-0.2, -0.15) is 0 Å². The lowest BCUT2D eigenvalue weighted by Gasteiger charge is -2.33. The van der Waals surface area contributed by atoms with Gasteiger partial charge in [0.15, 0.2) is 0 Å². The van der Waals surface area contributed by atoms with Crippen molar-refractivity contribution in [2.75, 3.05) is 11.9 Å². The highest BCUT2D eigenvalue weighted by molar-refractivity contribution is 6.10. The van der Waals surface area contributed by atoms with Gasteiger partial charge in [-0.05, 0) is 49.8 Å². The molecule has 1 aliphatic carbocycles. The zero-order valence-electron chi connectivity index (χ0n) is 18.0. The summed E-state index contributed by atoms with van der Waals surface area (Å²) in [6.07, 6.45) is 3.05. The number of hydrogen-bond donors (Lipinski definition) is 3. The number of fused-ring (bicyclic) bond motifs is 1. The molecule has 30 heavy (non-hydrogen) atoms. The van der Waals surface area contributed by atoms with Crippen molar-refractivity contribution in [1.29, 1.82) is 0 Å². The molecule has 2 aliphatic rings. The lowest BCUT2D eigenvalue weighted by atomic mass is 9.77. The maximum Gasteiger partial charge on any atom is 0.325 e. The minimum absolute atomic E-state index is 0.112. The van der Waals surface area contributed by atoms with Gasteiger partial charge in [0, 0.05) is 11.1 Å². The summed E-state index contributed by atoms with van der Waals surface area (Å²) in [7, 11) is 0. The van der Waals surface area contributed by atoms with Gasteiger partial charge in [-0.15, -0.1) is 0 Å². The van der Waals surface area contributed by atoms with E-state index >= 15 is 0 Å². The minimum Gasteiger partial charge on any atom is -0.341 e. The van der Waals surface area contributed by atoms with E-state index in [2.05, 4.69) is 48.3 Å². The van der Waals surface area contributed by atoms with E-state index < -0.39 is 17.5 Å². The summed E-state index contributed by atoms with van der Waals surface area (Å²) in [6, 6.07) is 4.93. The van der Waals surface area contributed by atoms with Gasteiger partial charge in [0.1, 0.15) is 17.9 Å². The third-order valence-electron chi connectivity index (χ3n) is 6.15. The lowest BCUT2D eigenvalue weighted by molar-refractivity contribution is -0.135. The summed E-state index contributed by atoms with van der Waals surface area (Å²) in [5.74, 6) is 0.726. The number of urea groups is 1. The number of nitrogens with zero attached hydrogens (tertiary/aromatic N) is 2. The molecule has 1 saturated carbocycles. The van der Waals surface area contributed by atoms with Gasteiger partial charge in [0.25, 0.3) is 5.91 Å². The largest absolute Gasteiger partial charge is 0.341 e. The molecule has 1 aliphatic heterocycles. The van der Waals surface area contributed by atoms with Crippen LogP contribution in [-0.2, 0) is 15.0 Å². The summed E-state index contributed by atoms with van der Waals surface area (Å²) in [5.41, 5.74) is 1.29. The van der Waals surface area contributed by atoms with Crippen molar-refractivity contribution in [2.45, 2.75) is 64.3 Å². The van der Waals surface area contributed by atoms with Gasteiger partial charge in [-0.3, -0.25) is 14.5 Å². The summed E-state index contributed by atoms with van der Waals surface area (Å²) >= 11 is 0. The number of nitrogens with one attached hydrogen (secondary N) is 3. The van der Waals surface area contributed by atoms with E-state index in [1.54, 1.807) is 6.07 Å². The highest BCUT2D eigenvalue weighted by Gasteiger charge is 2.52. The van der Waals surface area contributed by atoms with Gasteiger partial charge >= 0.3 is 6.03 Å². The van der Waals surface area contributed by atoms with E-state index in [1.807, 2.05) is 12.1 Å². The summed E-state index contributed by atoms with van der Waals surface area (Å²) in [4.78, 5) is 46.8. The summed E-state index contributed by atoms with van der Waals surface area (Å²) in [5, 5.41) is 5.63. The van der Waals surface area contributed by atoms with Gasteiger partial charge in [0.05, 0.1) is 11.0 Å². The predicted molar refractivity (Wildman–Crippen MR) is 114 cm³/mol. The number of H-pyrrole nitrogens is 1. The van der Waals surface area contributed by atoms with Gasteiger partial charge in [-0.1, -0.05) is 27.7 Å². The third-order valence-corrected chi connectivity index (χ3v) is 6.15. The molecular formula is C22H29N5O3. The number of rotatable bonds is 3. The Labute approximate surface area is 175 Å². The normalized spacial score (nSPS) is 24.5. The molecular weight excluding hydrogens is 382 g/mol. The Morgan fingerprint density at radius 2 is 1.97 bits per heavy atom. The molecule has 0 radical (unpaired) electrons. The zero-order chi connectivity index (χ0) is 21.7. The second-order valence-electron chi connectivity index (χ2n) is 9.70. The lowest BCUT2D eigenvalue weighted by Crippen LogP contribution is -2.49. The van der Waals surface area contributed by atoms with Gasteiger partial charge in [0.2, 0.25) is 5.91 Å². The predicted octanol–water partition coefficient (Wildman–Crippen LogP) is 3.30. The van der Waals surface area contributed by atoms with Gasteiger partial charge < -0.3 is 15.6 Å². The molecule has 2 fully saturated rings. The van der Waals surface area contributed by atoms with Crippen molar-refractivity contribution >= 4 is 34.6 Å². The number of benzene rings is 1. The van der Waals surface area contributed by atoms with Crippen LogP contribution in [0.15, 0.2) is 18.2 Å². The topological polar surface area (TPSA) is 107 Å². The van der Waals surface area contributed by atoms with E-state index in [0.29, 0.717) is 24.4 Å². The summed E-state index contributed by atoms with van der Waals surface area (Å²) < 4.78 is 0. The number of aromatic nitrogens is 2. The highest BCUT2D eigenvalue weighted by atomic mass is 16.2. The molecule has 2 heterocycles. The molecule has 160 valence electrons. The van der Waals surface area contributed by atoms with Crippen LogP contribution in [0.2, 0.25) is 0 Å². The minimum atomic E-state index is -0.831. The molecule has 0 atom stereocenters. The van der Waals surface area contributed by atoms with Crippen LogP contribution in [0.3, 0.4) is 0 Å². The molecule has 0 bridgehead atoms. The number of carbonyl (C=O) groups is 3. The molecule has 3 N–H and O–H groups in total. The Balaban J connectivity index is 1.44. The fourth-order valence-electron chi connectivity index (χ4n) is 4.20. The molecule has 4 rings (SSSR count). The second kappa shape index (κ2) is 7.11. The van der Waals surface area contributed by atoms with Crippen molar-refractivity contribution in [1.82, 2.24) is 20.2 Å². The highest BCUT2D eigenvalue weighted by Crippen LogP contribution is 2.36. The molecule has 1 spiro atoms. The molecule has 0 unspecified atom stereocenters. The first-order valence-electron chi connectivity index (χ1n) is 10.5. The average molecular weight is 412 g/mol. The SMILES string of the molecule is CC1CCC2(CC1)NC(=O)N(CC(=O)Nc1ccc3nc(C(C)(C)C)[nH]c3c1)C2=O. The summed E-state index contributed by atoms with van der Waals surface area (Å²) in [6.45, 7) is 8.08. The third kappa shape index (κ3) is 3.66. The zero-order valence-corrected chi connectivity index (χ0v) is 18.0. The van der Waals surface area contributed by atoms with Crippen LogP contribution in [0.1, 0.15) is 59.2 Å². The van der Waals surface area contributed by atoms with Crippen LogP contribution >= 0.6 is 0 Å². The van der Waals surface area contributed by atoms with Crippen LogP contribution in [0.5, 0.6) is 0 Å². The molecule has 1 aromatic heterocycles. The molecule has 1 aromatic carbocycles. The maximum atomic E-state index is 12.9. The molecule has 2 aromatic rings. The fraction of sp³-hybridized carbons (Fsp3) is 0.545.